The van der Waals surface area contributed by atoms with E-state index in [2.05, 4.69) is 17.0 Å². The van der Waals surface area contributed by atoms with Crippen molar-refractivity contribution in [3.63, 3.8) is 0 Å². The first-order valence-corrected chi connectivity index (χ1v) is 8.46. The molecule has 1 atom stereocenters. The summed E-state index contributed by atoms with van der Waals surface area (Å²) in [7, 11) is 0. The van der Waals surface area contributed by atoms with Gasteiger partial charge < -0.3 is 9.73 Å². The zero-order chi connectivity index (χ0) is 18.1. The van der Waals surface area contributed by atoms with Crippen LogP contribution in [0.1, 0.15) is 34.2 Å². The van der Waals surface area contributed by atoms with Gasteiger partial charge >= 0.3 is 0 Å². The summed E-state index contributed by atoms with van der Waals surface area (Å²) in [5.41, 5.74) is 2.11. The Hall–Kier alpha value is -3.15. The van der Waals surface area contributed by atoms with Gasteiger partial charge in [-0.25, -0.2) is 9.07 Å². The molecular formula is C20H18FN3O2. The molecule has 6 heteroatoms. The van der Waals surface area contributed by atoms with Gasteiger partial charge in [-0.15, -0.1) is 11.7 Å². The highest BCUT2D eigenvalue weighted by molar-refractivity contribution is 6.03. The monoisotopic (exact) mass is 351 g/mol. The maximum atomic E-state index is 13.3. The van der Waals surface area contributed by atoms with Gasteiger partial charge in [0.15, 0.2) is 11.6 Å². The summed E-state index contributed by atoms with van der Waals surface area (Å²) in [6, 6.07) is 9.79. The number of Topliss-reactive ketones (excluding diaryl/α,β-unsaturated/α-hetero) is 1. The van der Waals surface area contributed by atoms with E-state index in [-0.39, 0.29) is 17.5 Å². The molecule has 132 valence electrons. The largest absolute Gasteiger partial charge is 0.469 e. The lowest BCUT2D eigenvalue weighted by molar-refractivity contribution is 0.0960. The Morgan fingerprint density at radius 1 is 1.31 bits per heavy atom. The van der Waals surface area contributed by atoms with Gasteiger partial charge in [-0.2, -0.15) is 0 Å². The van der Waals surface area contributed by atoms with Crippen molar-refractivity contribution in [3.05, 3.63) is 78.2 Å². The van der Waals surface area contributed by atoms with E-state index < -0.39 is 0 Å². The minimum absolute atomic E-state index is 0.0209. The van der Waals surface area contributed by atoms with Crippen LogP contribution in [0.25, 0.3) is 5.69 Å². The zero-order valence-corrected chi connectivity index (χ0v) is 14.1. The number of hydrogen-bond acceptors (Lipinski definition) is 4. The van der Waals surface area contributed by atoms with Gasteiger partial charge in [-0.1, -0.05) is 6.08 Å². The Balaban J connectivity index is 1.81. The van der Waals surface area contributed by atoms with Crippen molar-refractivity contribution in [1.82, 2.24) is 9.78 Å². The molecule has 2 aromatic heterocycles. The number of carbonyl (C=O) groups is 1. The third kappa shape index (κ3) is 2.83. The van der Waals surface area contributed by atoms with Crippen molar-refractivity contribution in [1.29, 1.82) is 0 Å². The van der Waals surface area contributed by atoms with Gasteiger partial charge in [-0.05, 0) is 36.4 Å². The number of anilines is 1. The molecule has 2 heterocycles. The van der Waals surface area contributed by atoms with E-state index >= 15 is 0 Å². The van der Waals surface area contributed by atoms with Crippen LogP contribution in [0.3, 0.4) is 0 Å². The predicted octanol–water partition coefficient (Wildman–Crippen LogP) is 4.12. The summed E-state index contributed by atoms with van der Waals surface area (Å²) in [4.78, 5) is 12.9. The number of nitrogens with zero attached hydrogens (tertiary/aromatic N) is 2. The van der Waals surface area contributed by atoms with Crippen LogP contribution in [0.15, 0.2) is 59.7 Å². The molecule has 0 bridgehead atoms. The van der Waals surface area contributed by atoms with Crippen molar-refractivity contribution in [2.24, 2.45) is 0 Å². The van der Waals surface area contributed by atoms with Crippen molar-refractivity contribution in [2.45, 2.75) is 18.8 Å². The van der Waals surface area contributed by atoms with Crippen molar-refractivity contribution >= 4 is 11.6 Å². The van der Waals surface area contributed by atoms with Gasteiger partial charge in [-0.3, -0.25) is 4.79 Å². The smallest absolute Gasteiger partial charge is 0.169 e. The fourth-order valence-corrected chi connectivity index (χ4v) is 3.38. The highest BCUT2D eigenvalue weighted by Crippen LogP contribution is 2.37. The Labute approximate surface area is 150 Å². The highest BCUT2D eigenvalue weighted by atomic mass is 19.1. The van der Waals surface area contributed by atoms with Gasteiger partial charge in [0.25, 0.3) is 0 Å². The summed E-state index contributed by atoms with van der Waals surface area (Å²) in [5, 5.41) is 7.71. The fraction of sp³-hybridized carbons (Fsp3) is 0.200. The van der Waals surface area contributed by atoms with E-state index in [0.29, 0.717) is 36.5 Å². The molecule has 0 spiro atoms. The molecule has 0 amide bonds. The molecule has 0 fully saturated rings. The fourth-order valence-electron chi connectivity index (χ4n) is 3.38. The highest BCUT2D eigenvalue weighted by Gasteiger charge is 2.34. The number of rotatable bonds is 5. The van der Waals surface area contributed by atoms with Crippen molar-refractivity contribution in [2.75, 3.05) is 11.9 Å². The number of hydrogen-bond donors (Lipinski definition) is 1. The van der Waals surface area contributed by atoms with E-state index in [4.69, 9.17) is 4.42 Å². The van der Waals surface area contributed by atoms with Crippen LogP contribution in [-0.4, -0.2) is 22.1 Å². The lowest BCUT2D eigenvalue weighted by Gasteiger charge is -2.21. The van der Waals surface area contributed by atoms with Gasteiger partial charge in [0.1, 0.15) is 11.6 Å². The molecular weight excluding hydrogens is 333 g/mol. The standard InChI is InChI=1S/C20H18FN3O2/c1-2-9-22-20-19-16(24(23-20)15-7-5-14(21)6-8-15)11-13(12-17(19)25)18-4-3-10-26-18/h2-8,10,13H,1,9,11-12H2,(H,22,23). The summed E-state index contributed by atoms with van der Waals surface area (Å²) < 4.78 is 20.5. The maximum absolute atomic E-state index is 13.3. The van der Waals surface area contributed by atoms with E-state index in [1.807, 2.05) is 12.1 Å². The minimum Gasteiger partial charge on any atom is -0.469 e. The maximum Gasteiger partial charge on any atom is 0.169 e. The minimum atomic E-state index is -0.315. The Morgan fingerprint density at radius 2 is 2.12 bits per heavy atom. The van der Waals surface area contributed by atoms with Crippen LogP contribution >= 0.6 is 0 Å². The van der Waals surface area contributed by atoms with Gasteiger partial charge in [0.05, 0.1) is 23.2 Å². The Morgan fingerprint density at radius 3 is 2.81 bits per heavy atom. The summed E-state index contributed by atoms with van der Waals surface area (Å²) >= 11 is 0. The van der Waals surface area contributed by atoms with E-state index in [1.54, 1.807) is 29.2 Å². The van der Waals surface area contributed by atoms with Crippen LogP contribution in [0.5, 0.6) is 0 Å². The first-order valence-electron chi connectivity index (χ1n) is 8.46. The third-order valence-corrected chi connectivity index (χ3v) is 4.56. The molecule has 0 aliphatic heterocycles. The second-order valence-electron chi connectivity index (χ2n) is 6.27. The number of carbonyl (C=O) groups excluding carboxylic acids is 1. The topological polar surface area (TPSA) is 60.1 Å². The number of nitrogens with one attached hydrogen (secondary N) is 1. The van der Waals surface area contributed by atoms with Crippen molar-refractivity contribution in [3.8, 4) is 5.69 Å². The molecule has 4 rings (SSSR count). The van der Waals surface area contributed by atoms with E-state index in [1.165, 1.54) is 12.1 Å². The van der Waals surface area contributed by atoms with Crippen LogP contribution in [-0.2, 0) is 6.42 Å². The van der Waals surface area contributed by atoms with E-state index in [0.717, 1.165) is 11.5 Å². The second kappa shape index (κ2) is 6.63. The predicted molar refractivity (Wildman–Crippen MR) is 96.3 cm³/mol. The quantitative estimate of drug-likeness (QED) is 0.703. The number of fused-ring (bicyclic) bond motifs is 1. The summed E-state index contributed by atoms with van der Waals surface area (Å²) in [6.07, 6.45) is 4.32. The van der Waals surface area contributed by atoms with Crippen molar-refractivity contribution < 1.29 is 13.6 Å². The Kier molecular flexibility index (Phi) is 4.16. The van der Waals surface area contributed by atoms with E-state index in [9.17, 15) is 9.18 Å². The normalized spacial score (nSPS) is 16.3. The number of furan rings is 1. The molecule has 0 radical (unpaired) electrons. The summed E-state index contributed by atoms with van der Waals surface area (Å²) in [6.45, 7) is 4.19. The summed E-state index contributed by atoms with van der Waals surface area (Å²) in [5.74, 6) is 0.994. The molecule has 1 unspecified atom stereocenters. The molecule has 5 nitrogen and oxygen atoms in total. The molecule has 0 saturated heterocycles. The SMILES string of the molecule is C=CCNc1nn(-c2ccc(F)cc2)c2c1C(=O)CC(c1ccco1)C2. The molecule has 1 N–H and O–H groups in total. The Bertz CT molecular complexity index is 942. The zero-order valence-electron chi connectivity index (χ0n) is 14.1. The van der Waals surface area contributed by atoms with Crippen LogP contribution in [0.4, 0.5) is 10.2 Å². The number of aromatic nitrogens is 2. The van der Waals surface area contributed by atoms with Gasteiger partial charge in [0.2, 0.25) is 0 Å². The molecule has 1 aliphatic rings. The first kappa shape index (κ1) is 16.3. The lowest BCUT2D eigenvalue weighted by atomic mass is 9.85. The molecule has 26 heavy (non-hydrogen) atoms. The molecule has 0 saturated carbocycles. The molecule has 1 aliphatic carbocycles. The molecule has 3 aromatic rings. The first-order chi connectivity index (χ1) is 12.7. The molecule has 1 aromatic carbocycles. The number of ketones is 1. The average molecular weight is 351 g/mol. The number of halogens is 1. The van der Waals surface area contributed by atoms with Gasteiger partial charge in [0, 0.05) is 25.3 Å². The second-order valence-corrected chi connectivity index (χ2v) is 6.27. The van der Waals surface area contributed by atoms with Crippen LogP contribution < -0.4 is 5.32 Å². The third-order valence-electron chi connectivity index (χ3n) is 4.56. The van der Waals surface area contributed by atoms with Crippen LogP contribution in [0, 0.1) is 5.82 Å². The van der Waals surface area contributed by atoms with Crippen LogP contribution in [0.2, 0.25) is 0 Å². The lowest BCUT2D eigenvalue weighted by Crippen LogP contribution is -2.20. The number of benzene rings is 1. The average Bonchev–Trinajstić information content (AvgIpc) is 3.29.